The van der Waals surface area contributed by atoms with Gasteiger partial charge in [0.05, 0.1) is 24.5 Å². The molecule has 0 aliphatic rings. The summed E-state index contributed by atoms with van der Waals surface area (Å²) in [5.41, 5.74) is 3.26. The monoisotopic (exact) mass is 386 g/mol. The number of sulfonamides is 1. The molecule has 0 saturated carbocycles. The molecular weight excluding hydrogens is 360 g/mol. The van der Waals surface area contributed by atoms with Gasteiger partial charge in [0.15, 0.2) is 0 Å². The van der Waals surface area contributed by atoms with Crippen molar-refractivity contribution in [2.24, 2.45) is 0 Å². The van der Waals surface area contributed by atoms with E-state index in [1.807, 2.05) is 19.1 Å². The zero-order valence-corrected chi connectivity index (χ0v) is 16.8. The summed E-state index contributed by atoms with van der Waals surface area (Å²) in [6, 6.07) is 14.5. The first kappa shape index (κ1) is 20.7. The van der Waals surface area contributed by atoms with E-state index in [0.29, 0.717) is 11.3 Å². The van der Waals surface area contributed by atoms with Crippen molar-refractivity contribution in [1.29, 1.82) is 0 Å². The second kappa shape index (κ2) is 8.86. The van der Waals surface area contributed by atoms with E-state index in [2.05, 4.69) is 31.0 Å². The van der Waals surface area contributed by atoms with Crippen LogP contribution < -0.4 is 9.62 Å². The lowest BCUT2D eigenvalue weighted by Gasteiger charge is -2.21. The van der Waals surface area contributed by atoms with E-state index < -0.39 is 10.0 Å². The molecule has 144 valence electrons. The molecule has 0 aromatic heterocycles. The van der Waals surface area contributed by atoms with Crippen molar-refractivity contribution in [2.75, 3.05) is 17.1 Å². The maximum absolute atomic E-state index is 12.5. The van der Waals surface area contributed by atoms with Gasteiger partial charge in [0.2, 0.25) is 10.0 Å². The van der Waals surface area contributed by atoms with Crippen LogP contribution in [0, 0.1) is 0 Å². The Kier molecular flexibility index (Phi) is 6.80. The van der Waals surface area contributed by atoms with Gasteiger partial charge in [0.25, 0.3) is 5.91 Å². The average molecular weight is 387 g/mol. The lowest BCUT2D eigenvalue weighted by Crippen LogP contribution is -2.30. The SMILES string of the molecule is C=CCN(c1ccc(C(=O)NC(C)c2ccc(CC)cc2)cc1)S(C)(=O)=O. The number of benzene rings is 2. The van der Waals surface area contributed by atoms with E-state index in [1.165, 1.54) is 15.9 Å². The first-order valence-corrected chi connectivity index (χ1v) is 10.7. The second-order valence-electron chi connectivity index (χ2n) is 6.42. The highest BCUT2D eigenvalue weighted by Crippen LogP contribution is 2.19. The number of hydrogen-bond donors (Lipinski definition) is 1. The van der Waals surface area contributed by atoms with Gasteiger partial charge in [0, 0.05) is 5.56 Å². The molecule has 1 N–H and O–H groups in total. The molecule has 27 heavy (non-hydrogen) atoms. The molecule has 0 radical (unpaired) electrons. The van der Waals surface area contributed by atoms with Gasteiger partial charge in [-0.3, -0.25) is 9.10 Å². The lowest BCUT2D eigenvalue weighted by molar-refractivity contribution is 0.0940. The highest BCUT2D eigenvalue weighted by molar-refractivity contribution is 7.92. The topological polar surface area (TPSA) is 66.5 Å². The molecule has 1 unspecified atom stereocenters. The van der Waals surface area contributed by atoms with Crippen LogP contribution in [0.5, 0.6) is 0 Å². The fourth-order valence-electron chi connectivity index (χ4n) is 2.73. The standard InChI is InChI=1S/C21H26N2O3S/c1-5-15-23(27(4,25)26)20-13-11-19(12-14-20)21(24)22-16(3)18-9-7-17(6-2)8-10-18/h5,7-14,16H,1,6,15H2,2-4H3,(H,22,24). The molecule has 2 aromatic rings. The molecule has 0 fully saturated rings. The third-order valence-corrected chi connectivity index (χ3v) is 5.51. The molecule has 0 bridgehead atoms. The Hall–Kier alpha value is -2.60. The largest absolute Gasteiger partial charge is 0.346 e. The van der Waals surface area contributed by atoms with Crippen LogP contribution in [0.4, 0.5) is 5.69 Å². The van der Waals surface area contributed by atoms with Crippen LogP contribution in [0.3, 0.4) is 0 Å². The van der Waals surface area contributed by atoms with Crippen LogP contribution in [0.15, 0.2) is 61.2 Å². The second-order valence-corrected chi connectivity index (χ2v) is 8.33. The van der Waals surface area contributed by atoms with Gasteiger partial charge in [-0.25, -0.2) is 8.42 Å². The van der Waals surface area contributed by atoms with E-state index in [1.54, 1.807) is 24.3 Å². The summed E-state index contributed by atoms with van der Waals surface area (Å²) in [6.07, 6.45) is 3.64. The predicted octanol–water partition coefficient (Wildman–Crippen LogP) is 3.69. The molecule has 6 heteroatoms. The molecule has 0 spiro atoms. The van der Waals surface area contributed by atoms with Crippen LogP contribution in [-0.4, -0.2) is 27.1 Å². The number of hydrogen-bond acceptors (Lipinski definition) is 3. The zero-order valence-electron chi connectivity index (χ0n) is 16.0. The average Bonchev–Trinajstić information content (AvgIpc) is 2.65. The zero-order chi connectivity index (χ0) is 20.0. The summed E-state index contributed by atoms with van der Waals surface area (Å²) in [5, 5.41) is 2.97. The third kappa shape index (κ3) is 5.44. The number of rotatable bonds is 8. The molecule has 0 heterocycles. The first-order valence-electron chi connectivity index (χ1n) is 8.84. The van der Waals surface area contributed by atoms with Crippen molar-refractivity contribution in [2.45, 2.75) is 26.3 Å². The van der Waals surface area contributed by atoms with E-state index in [-0.39, 0.29) is 18.5 Å². The highest BCUT2D eigenvalue weighted by atomic mass is 32.2. The van der Waals surface area contributed by atoms with Crippen molar-refractivity contribution < 1.29 is 13.2 Å². The molecule has 0 aliphatic heterocycles. The van der Waals surface area contributed by atoms with Crippen molar-refractivity contribution in [3.63, 3.8) is 0 Å². The number of nitrogens with zero attached hydrogens (tertiary/aromatic N) is 1. The molecule has 0 aliphatic carbocycles. The van der Waals surface area contributed by atoms with Crippen LogP contribution in [0.1, 0.15) is 41.4 Å². The van der Waals surface area contributed by atoms with Crippen LogP contribution in [0.2, 0.25) is 0 Å². The first-order chi connectivity index (χ1) is 12.8. The van der Waals surface area contributed by atoms with E-state index >= 15 is 0 Å². The maximum atomic E-state index is 12.5. The van der Waals surface area contributed by atoms with E-state index in [0.717, 1.165) is 18.2 Å². The Bertz CT molecular complexity index is 888. The van der Waals surface area contributed by atoms with Gasteiger partial charge in [-0.05, 0) is 48.7 Å². The Labute approximate surface area is 161 Å². The minimum absolute atomic E-state index is 0.128. The fourth-order valence-corrected chi connectivity index (χ4v) is 3.61. The minimum Gasteiger partial charge on any atom is -0.346 e. The molecule has 1 atom stereocenters. The molecule has 2 aromatic carbocycles. The number of carbonyl (C=O) groups excluding carboxylic acids is 1. The molecule has 2 rings (SSSR count). The summed E-state index contributed by atoms with van der Waals surface area (Å²) in [4.78, 5) is 12.5. The van der Waals surface area contributed by atoms with Crippen molar-refractivity contribution in [3.05, 3.63) is 77.9 Å². The third-order valence-electron chi connectivity index (χ3n) is 4.35. The summed E-state index contributed by atoms with van der Waals surface area (Å²) < 4.78 is 25.0. The normalized spacial score (nSPS) is 12.3. The van der Waals surface area contributed by atoms with Gasteiger partial charge < -0.3 is 5.32 Å². The van der Waals surface area contributed by atoms with Gasteiger partial charge in [-0.15, -0.1) is 6.58 Å². The quantitative estimate of drug-likeness (QED) is 0.704. The molecule has 0 saturated heterocycles. The smallest absolute Gasteiger partial charge is 0.251 e. The van der Waals surface area contributed by atoms with Gasteiger partial charge in [-0.1, -0.05) is 37.3 Å². The summed E-state index contributed by atoms with van der Waals surface area (Å²) in [7, 11) is -3.41. The number of nitrogens with one attached hydrogen (secondary N) is 1. The summed E-state index contributed by atoms with van der Waals surface area (Å²) >= 11 is 0. The Balaban J connectivity index is 2.11. The number of anilines is 1. The Morgan fingerprint density at radius 1 is 1.15 bits per heavy atom. The van der Waals surface area contributed by atoms with Crippen LogP contribution in [-0.2, 0) is 16.4 Å². The lowest BCUT2D eigenvalue weighted by atomic mass is 10.0. The van der Waals surface area contributed by atoms with Crippen LogP contribution in [0.25, 0.3) is 0 Å². The predicted molar refractivity (Wildman–Crippen MR) is 111 cm³/mol. The summed E-state index contributed by atoms with van der Waals surface area (Å²) in [6.45, 7) is 7.80. The summed E-state index contributed by atoms with van der Waals surface area (Å²) in [5.74, 6) is -0.205. The van der Waals surface area contributed by atoms with E-state index in [4.69, 9.17) is 0 Å². The number of aryl methyl sites for hydroxylation is 1. The Morgan fingerprint density at radius 3 is 2.22 bits per heavy atom. The van der Waals surface area contributed by atoms with Gasteiger partial charge in [0.1, 0.15) is 0 Å². The van der Waals surface area contributed by atoms with Gasteiger partial charge >= 0.3 is 0 Å². The van der Waals surface area contributed by atoms with Crippen molar-refractivity contribution >= 4 is 21.6 Å². The van der Waals surface area contributed by atoms with E-state index in [9.17, 15) is 13.2 Å². The number of carbonyl (C=O) groups is 1. The maximum Gasteiger partial charge on any atom is 0.251 e. The van der Waals surface area contributed by atoms with Crippen molar-refractivity contribution in [3.8, 4) is 0 Å². The minimum atomic E-state index is -3.41. The molecular formula is C21H26N2O3S. The van der Waals surface area contributed by atoms with Crippen LogP contribution >= 0.6 is 0 Å². The molecule has 5 nitrogen and oxygen atoms in total. The van der Waals surface area contributed by atoms with Crippen molar-refractivity contribution in [1.82, 2.24) is 5.32 Å². The Morgan fingerprint density at radius 2 is 1.74 bits per heavy atom. The molecule has 1 amide bonds. The fraction of sp³-hybridized carbons (Fsp3) is 0.286. The number of amides is 1. The van der Waals surface area contributed by atoms with Gasteiger partial charge in [-0.2, -0.15) is 0 Å². The highest BCUT2D eigenvalue weighted by Gasteiger charge is 2.17.